The highest BCUT2D eigenvalue weighted by Crippen LogP contribution is 2.17. The molecule has 1 aliphatic rings. The molecule has 3 nitrogen and oxygen atoms in total. The summed E-state index contributed by atoms with van der Waals surface area (Å²) in [5.74, 6) is -2.20. The van der Waals surface area contributed by atoms with Gasteiger partial charge >= 0.3 is 0 Å². The van der Waals surface area contributed by atoms with Crippen LogP contribution in [0.25, 0.3) is 0 Å². The van der Waals surface area contributed by atoms with Crippen molar-refractivity contribution in [1.29, 1.82) is 0 Å². The zero-order chi connectivity index (χ0) is 14.5. The van der Waals surface area contributed by atoms with Crippen molar-refractivity contribution in [3.8, 4) is 0 Å². The topological polar surface area (TPSA) is 29.5 Å². The van der Waals surface area contributed by atoms with E-state index in [2.05, 4.69) is 15.9 Å². The zero-order valence-electron chi connectivity index (χ0n) is 10.9. The van der Waals surface area contributed by atoms with Gasteiger partial charge in [-0.05, 0) is 31.0 Å². The summed E-state index contributed by atoms with van der Waals surface area (Å²) in [6.07, 6.45) is 1.70. The smallest absolute Gasteiger partial charge is 0.253 e. The number of likely N-dealkylation sites (tertiary alicyclic amines) is 1. The molecule has 110 valence electrons. The Bertz CT molecular complexity index is 476. The Balaban J connectivity index is 1.92. The second-order valence-corrected chi connectivity index (χ2v) is 5.47. The third-order valence-electron chi connectivity index (χ3n) is 3.33. The number of carbonyl (C=O) groups is 1. The highest BCUT2D eigenvalue weighted by molar-refractivity contribution is 9.09. The van der Waals surface area contributed by atoms with Gasteiger partial charge in [0.15, 0.2) is 11.6 Å². The van der Waals surface area contributed by atoms with Gasteiger partial charge in [-0.1, -0.05) is 15.9 Å². The highest BCUT2D eigenvalue weighted by Gasteiger charge is 2.24. The molecule has 1 aliphatic heterocycles. The first-order chi connectivity index (χ1) is 9.61. The van der Waals surface area contributed by atoms with Crippen molar-refractivity contribution in [3.63, 3.8) is 0 Å². The van der Waals surface area contributed by atoms with Gasteiger partial charge in [0.2, 0.25) is 0 Å². The van der Waals surface area contributed by atoms with Crippen molar-refractivity contribution in [2.45, 2.75) is 18.9 Å². The summed E-state index contributed by atoms with van der Waals surface area (Å²) in [6, 6.07) is 3.24. The molecule has 1 amide bonds. The Labute approximate surface area is 125 Å². The molecule has 0 radical (unpaired) electrons. The lowest BCUT2D eigenvalue weighted by atomic mass is 10.1. The number of hydrogen-bond donors (Lipinski definition) is 0. The molecule has 1 saturated heterocycles. The molecule has 0 saturated carbocycles. The average molecular weight is 348 g/mol. The van der Waals surface area contributed by atoms with E-state index in [1.165, 1.54) is 6.07 Å². The lowest BCUT2D eigenvalue weighted by molar-refractivity contribution is 0.0160. The minimum atomic E-state index is -0.994. The Hall–Kier alpha value is -1.01. The molecule has 0 aliphatic carbocycles. The van der Waals surface area contributed by atoms with Crippen molar-refractivity contribution in [2.24, 2.45) is 0 Å². The number of hydrogen-bond acceptors (Lipinski definition) is 2. The number of benzene rings is 1. The van der Waals surface area contributed by atoms with Crippen LogP contribution in [-0.2, 0) is 4.74 Å². The van der Waals surface area contributed by atoms with E-state index in [1.807, 2.05) is 0 Å². The number of rotatable bonds is 4. The molecule has 1 heterocycles. The van der Waals surface area contributed by atoms with E-state index in [0.717, 1.165) is 30.3 Å². The predicted molar refractivity (Wildman–Crippen MR) is 75.0 cm³/mol. The molecule has 0 unspecified atom stereocenters. The molecule has 2 rings (SSSR count). The van der Waals surface area contributed by atoms with Crippen molar-refractivity contribution < 1.29 is 18.3 Å². The van der Waals surface area contributed by atoms with Gasteiger partial charge in [-0.25, -0.2) is 8.78 Å². The zero-order valence-corrected chi connectivity index (χ0v) is 12.5. The van der Waals surface area contributed by atoms with E-state index in [-0.39, 0.29) is 17.6 Å². The predicted octanol–water partition coefficient (Wildman–Crippen LogP) is 2.98. The fourth-order valence-corrected chi connectivity index (χ4v) is 2.44. The first-order valence-corrected chi connectivity index (χ1v) is 7.66. The van der Waals surface area contributed by atoms with Gasteiger partial charge in [-0.2, -0.15) is 0 Å². The fourth-order valence-electron chi connectivity index (χ4n) is 2.25. The van der Waals surface area contributed by atoms with Crippen LogP contribution in [-0.4, -0.2) is 41.9 Å². The number of amides is 1. The normalized spacial score (nSPS) is 16.4. The van der Waals surface area contributed by atoms with Crippen molar-refractivity contribution in [2.75, 3.05) is 25.0 Å². The Kier molecular flexibility index (Phi) is 5.48. The second kappa shape index (κ2) is 7.13. The third kappa shape index (κ3) is 3.76. The molecule has 1 aromatic carbocycles. The van der Waals surface area contributed by atoms with E-state index in [1.54, 1.807) is 4.90 Å². The molecule has 20 heavy (non-hydrogen) atoms. The highest BCUT2D eigenvalue weighted by atomic mass is 79.9. The number of alkyl halides is 1. The van der Waals surface area contributed by atoms with Crippen LogP contribution in [0.2, 0.25) is 0 Å². The molecular weight excluding hydrogens is 332 g/mol. The monoisotopic (exact) mass is 347 g/mol. The summed E-state index contributed by atoms with van der Waals surface area (Å²) < 4.78 is 31.6. The summed E-state index contributed by atoms with van der Waals surface area (Å²) in [4.78, 5) is 13.8. The lowest BCUT2D eigenvalue weighted by Gasteiger charge is -2.32. The van der Waals surface area contributed by atoms with Crippen molar-refractivity contribution in [3.05, 3.63) is 35.4 Å². The van der Waals surface area contributed by atoms with E-state index in [9.17, 15) is 13.6 Å². The van der Waals surface area contributed by atoms with Crippen LogP contribution in [0.3, 0.4) is 0 Å². The molecule has 6 heteroatoms. The number of halogens is 3. The second-order valence-electron chi connectivity index (χ2n) is 4.68. The maximum absolute atomic E-state index is 13.1. The van der Waals surface area contributed by atoms with E-state index >= 15 is 0 Å². The van der Waals surface area contributed by atoms with Crippen LogP contribution in [0, 0.1) is 11.6 Å². The average Bonchev–Trinajstić information content (AvgIpc) is 2.48. The summed E-state index contributed by atoms with van der Waals surface area (Å²) in [5.41, 5.74) is 0.184. The van der Waals surface area contributed by atoms with E-state index < -0.39 is 11.6 Å². The van der Waals surface area contributed by atoms with Crippen LogP contribution in [0.15, 0.2) is 18.2 Å². The molecule has 0 N–H and O–H groups in total. The van der Waals surface area contributed by atoms with Gasteiger partial charge in [0.25, 0.3) is 5.91 Å². The fraction of sp³-hybridized carbons (Fsp3) is 0.500. The standard InChI is InChI=1S/C14H16BrF2NO2/c15-5-8-20-11-3-6-18(7-4-11)14(19)10-1-2-12(16)13(17)9-10/h1-2,9,11H,3-8H2. The summed E-state index contributed by atoms with van der Waals surface area (Å²) in [6.45, 7) is 1.80. The van der Waals surface area contributed by atoms with Gasteiger partial charge < -0.3 is 9.64 Å². The van der Waals surface area contributed by atoms with Gasteiger partial charge in [-0.15, -0.1) is 0 Å². The number of ether oxygens (including phenoxy) is 1. The van der Waals surface area contributed by atoms with Gasteiger partial charge in [0, 0.05) is 24.0 Å². The minimum absolute atomic E-state index is 0.168. The van der Waals surface area contributed by atoms with Gasteiger partial charge in [-0.3, -0.25) is 4.79 Å². The molecule has 1 aromatic rings. The number of piperidine rings is 1. The largest absolute Gasteiger partial charge is 0.377 e. The summed E-state index contributed by atoms with van der Waals surface area (Å²) in [5, 5.41) is 0.793. The number of carbonyl (C=O) groups excluding carboxylic acids is 1. The van der Waals surface area contributed by atoms with Crippen molar-refractivity contribution >= 4 is 21.8 Å². The first kappa shape index (κ1) is 15.4. The molecular formula is C14H16BrF2NO2. The molecule has 0 aromatic heterocycles. The van der Waals surface area contributed by atoms with Crippen molar-refractivity contribution in [1.82, 2.24) is 4.90 Å². The maximum atomic E-state index is 13.1. The molecule has 1 fully saturated rings. The Morgan fingerprint density at radius 3 is 2.60 bits per heavy atom. The Morgan fingerprint density at radius 2 is 2.00 bits per heavy atom. The minimum Gasteiger partial charge on any atom is -0.377 e. The quantitative estimate of drug-likeness (QED) is 0.783. The Morgan fingerprint density at radius 1 is 1.30 bits per heavy atom. The van der Waals surface area contributed by atoms with Gasteiger partial charge in [0.05, 0.1) is 12.7 Å². The third-order valence-corrected chi connectivity index (χ3v) is 3.65. The van der Waals surface area contributed by atoms with Crippen LogP contribution in [0.1, 0.15) is 23.2 Å². The lowest BCUT2D eigenvalue weighted by Crippen LogP contribution is -2.41. The van der Waals surface area contributed by atoms with Crippen LogP contribution in [0.4, 0.5) is 8.78 Å². The maximum Gasteiger partial charge on any atom is 0.253 e. The van der Waals surface area contributed by atoms with Crippen LogP contribution >= 0.6 is 15.9 Å². The van der Waals surface area contributed by atoms with Crippen LogP contribution < -0.4 is 0 Å². The van der Waals surface area contributed by atoms with E-state index in [4.69, 9.17) is 4.74 Å². The van der Waals surface area contributed by atoms with Crippen LogP contribution in [0.5, 0.6) is 0 Å². The summed E-state index contributed by atoms with van der Waals surface area (Å²) >= 11 is 3.30. The van der Waals surface area contributed by atoms with Gasteiger partial charge in [0.1, 0.15) is 0 Å². The SMILES string of the molecule is O=C(c1ccc(F)c(F)c1)N1CCC(OCCBr)CC1. The molecule has 0 bridgehead atoms. The number of nitrogens with zero attached hydrogens (tertiary/aromatic N) is 1. The summed E-state index contributed by atoms with van der Waals surface area (Å²) in [7, 11) is 0. The molecule has 0 spiro atoms. The first-order valence-electron chi connectivity index (χ1n) is 6.53. The van der Waals surface area contributed by atoms with E-state index in [0.29, 0.717) is 19.7 Å². The molecule has 0 atom stereocenters.